The molecule has 94 valence electrons. The molecule has 1 aliphatic carbocycles. The summed E-state index contributed by atoms with van der Waals surface area (Å²) in [6, 6.07) is 1.96. The lowest BCUT2D eigenvalue weighted by Gasteiger charge is -2.17. The monoisotopic (exact) mass is 262 g/mol. The van der Waals surface area contributed by atoms with E-state index in [2.05, 4.69) is 15.1 Å². The fourth-order valence-electron chi connectivity index (χ4n) is 2.48. The minimum atomic E-state index is 0.0772. The lowest BCUT2D eigenvalue weighted by Crippen LogP contribution is -2.12. The van der Waals surface area contributed by atoms with Crippen molar-refractivity contribution in [2.45, 2.75) is 38.5 Å². The molecule has 4 nitrogen and oxygen atoms in total. The van der Waals surface area contributed by atoms with Gasteiger partial charge in [-0.25, -0.2) is 14.6 Å². The molecule has 1 aliphatic rings. The third kappa shape index (κ3) is 1.90. The Hall–Kier alpha value is -1.42. The van der Waals surface area contributed by atoms with Gasteiger partial charge in [-0.05, 0) is 39.2 Å². The molecule has 0 N–H and O–H groups in total. The highest BCUT2D eigenvalue weighted by atomic mass is 35.5. The summed E-state index contributed by atoms with van der Waals surface area (Å²) >= 11 is 6.32. The van der Waals surface area contributed by atoms with Gasteiger partial charge in [0.25, 0.3) is 5.95 Å². The van der Waals surface area contributed by atoms with Crippen molar-refractivity contribution in [2.75, 3.05) is 0 Å². The van der Waals surface area contributed by atoms with Crippen LogP contribution in [0.1, 0.15) is 40.9 Å². The molecular formula is C13H15ClN4. The number of nitrogens with zero attached hydrogens (tertiary/aromatic N) is 4. The molecule has 1 atom stereocenters. The van der Waals surface area contributed by atoms with Crippen molar-refractivity contribution in [3.63, 3.8) is 0 Å². The highest BCUT2D eigenvalue weighted by Crippen LogP contribution is 2.34. The molecule has 0 aliphatic heterocycles. The first kappa shape index (κ1) is 11.7. The molecule has 5 heteroatoms. The molecule has 0 bridgehead atoms. The minimum absolute atomic E-state index is 0.0772. The lowest BCUT2D eigenvalue weighted by molar-refractivity contribution is 0.630. The Morgan fingerprint density at radius 3 is 2.72 bits per heavy atom. The maximum absolute atomic E-state index is 6.32. The van der Waals surface area contributed by atoms with Crippen molar-refractivity contribution in [1.82, 2.24) is 19.7 Å². The van der Waals surface area contributed by atoms with E-state index in [0.29, 0.717) is 5.95 Å². The summed E-state index contributed by atoms with van der Waals surface area (Å²) in [5.74, 6) is 0.652. The van der Waals surface area contributed by atoms with E-state index in [0.717, 1.165) is 41.9 Å². The number of hydrogen-bond donors (Lipinski definition) is 0. The van der Waals surface area contributed by atoms with E-state index in [-0.39, 0.29) is 5.38 Å². The van der Waals surface area contributed by atoms with Crippen molar-refractivity contribution in [3.8, 4) is 5.95 Å². The lowest BCUT2D eigenvalue weighted by atomic mass is 9.98. The summed E-state index contributed by atoms with van der Waals surface area (Å²) in [6.45, 7) is 3.94. The highest BCUT2D eigenvalue weighted by Gasteiger charge is 2.23. The van der Waals surface area contributed by atoms with Crippen LogP contribution in [-0.2, 0) is 6.42 Å². The van der Waals surface area contributed by atoms with Crippen LogP contribution in [0.15, 0.2) is 12.3 Å². The zero-order valence-corrected chi connectivity index (χ0v) is 11.3. The first-order valence-corrected chi connectivity index (χ1v) is 6.62. The molecule has 0 radical (unpaired) electrons. The first-order chi connectivity index (χ1) is 8.65. The largest absolute Gasteiger partial charge is 0.251 e. The summed E-state index contributed by atoms with van der Waals surface area (Å²) in [5.41, 5.74) is 4.21. The predicted octanol–water partition coefficient (Wildman–Crippen LogP) is 2.90. The van der Waals surface area contributed by atoms with E-state index in [1.807, 2.05) is 30.8 Å². The molecule has 0 amide bonds. The minimum Gasteiger partial charge on any atom is -0.216 e. The average Bonchev–Trinajstić information content (AvgIpc) is 2.73. The van der Waals surface area contributed by atoms with Crippen molar-refractivity contribution < 1.29 is 0 Å². The van der Waals surface area contributed by atoms with Gasteiger partial charge in [0, 0.05) is 17.0 Å². The quantitative estimate of drug-likeness (QED) is 0.742. The van der Waals surface area contributed by atoms with E-state index < -0.39 is 0 Å². The fourth-order valence-corrected chi connectivity index (χ4v) is 2.81. The van der Waals surface area contributed by atoms with Gasteiger partial charge in [-0.2, -0.15) is 5.10 Å². The van der Waals surface area contributed by atoms with Gasteiger partial charge >= 0.3 is 0 Å². The molecule has 0 spiro atoms. The van der Waals surface area contributed by atoms with Gasteiger partial charge < -0.3 is 0 Å². The predicted molar refractivity (Wildman–Crippen MR) is 70.2 cm³/mol. The van der Waals surface area contributed by atoms with E-state index >= 15 is 0 Å². The molecule has 2 aromatic heterocycles. The van der Waals surface area contributed by atoms with Crippen molar-refractivity contribution in [1.29, 1.82) is 0 Å². The third-order valence-corrected chi connectivity index (χ3v) is 3.72. The Labute approximate surface area is 111 Å². The Bertz CT molecular complexity index is 570. The van der Waals surface area contributed by atoms with E-state index in [1.54, 1.807) is 0 Å². The van der Waals surface area contributed by atoms with Crippen LogP contribution in [0.25, 0.3) is 5.95 Å². The number of hydrogen-bond acceptors (Lipinski definition) is 3. The molecule has 1 unspecified atom stereocenters. The zero-order valence-electron chi connectivity index (χ0n) is 10.5. The Morgan fingerprint density at radius 1 is 1.28 bits per heavy atom. The van der Waals surface area contributed by atoms with Gasteiger partial charge in [-0.1, -0.05) is 0 Å². The van der Waals surface area contributed by atoms with E-state index in [1.165, 1.54) is 0 Å². The number of halogens is 1. The molecule has 2 aromatic rings. The number of fused-ring (bicyclic) bond motifs is 1. The van der Waals surface area contributed by atoms with Crippen LogP contribution in [0.5, 0.6) is 0 Å². The van der Waals surface area contributed by atoms with Crippen LogP contribution in [0, 0.1) is 13.8 Å². The Balaban J connectivity index is 2.12. The van der Waals surface area contributed by atoms with E-state index in [9.17, 15) is 0 Å². The molecule has 0 saturated carbocycles. The highest BCUT2D eigenvalue weighted by molar-refractivity contribution is 6.20. The maximum Gasteiger partial charge on any atom is 0.251 e. The SMILES string of the molecule is Cc1cc(C)nc(-n2ncc3c2CCCC3Cl)n1. The number of aryl methyl sites for hydroxylation is 2. The molecule has 18 heavy (non-hydrogen) atoms. The molecule has 0 fully saturated rings. The van der Waals surface area contributed by atoms with Crippen LogP contribution in [-0.4, -0.2) is 19.7 Å². The summed E-state index contributed by atoms with van der Waals surface area (Å²) in [5, 5.41) is 4.49. The summed E-state index contributed by atoms with van der Waals surface area (Å²) in [6.07, 6.45) is 4.97. The number of aromatic nitrogens is 4. The summed E-state index contributed by atoms with van der Waals surface area (Å²) in [7, 11) is 0. The van der Waals surface area contributed by atoms with Crippen LogP contribution in [0.2, 0.25) is 0 Å². The standard InChI is InChI=1S/C13H15ClN4/c1-8-6-9(2)17-13(16-8)18-12-5-3-4-11(14)10(12)7-15-18/h6-7,11H,3-5H2,1-2H3. The van der Waals surface area contributed by atoms with Gasteiger partial charge in [0.05, 0.1) is 17.3 Å². The van der Waals surface area contributed by atoms with Gasteiger partial charge in [-0.3, -0.25) is 0 Å². The third-order valence-electron chi connectivity index (χ3n) is 3.27. The van der Waals surface area contributed by atoms with Crippen LogP contribution in [0.3, 0.4) is 0 Å². The van der Waals surface area contributed by atoms with Crippen LogP contribution >= 0.6 is 11.6 Å². The normalized spacial score (nSPS) is 18.7. The van der Waals surface area contributed by atoms with Gasteiger partial charge in [0.1, 0.15) is 0 Å². The molecule has 0 aromatic carbocycles. The Kier molecular flexibility index (Phi) is 2.82. The van der Waals surface area contributed by atoms with Crippen molar-refractivity contribution in [2.24, 2.45) is 0 Å². The molecular weight excluding hydrogens is 248 g/mol. The summed E-state index contributed by atoms with van der Waals surface area (Å²) in [4.78, 5) is 8.91. The topological polar surface area (TPSA) is 43.6 Å². The molecule has 0 saturated heterocycles. The zero-order chi connectivity index (χ0) is 12.7. The number of alkyl halides is 1. The van der Waals surface area contributed by atoms with Crippen molar-refractivity contribution in [3.05, 3.63) is 34.9 Å². The maximum atomic E-state index is 6.32. The summed E-state index contributed by atoms with van der Waals surface area (Å²) < 4.78 is 1.84. The van der Waals surface area contributed by atoms with Crippen molar-refractivity contribution >= 4 is 11.6 Å². The second kappa shape index (κ2) is 4.35. The number of rotatable bonds is 1. The molecule has 3 rings (SSSR count). The smallest absolute Gasteiger partial charge is 0.216 e. The average molecular weight is 263 g/mol. The molecule has 2 heterocycles. The van der Waals surface area contributed by atoms with Crippen LogP contribution in [0.4, 0.5) is 0 Å². The second-order valence-electron chi connectivity index (χ2n) is 4.77. The van der Waals surface area contributed by atoms with Gasteiger partial charge in [0.15, 0.2) is 0 Å². The second-order valence-corrected chi connectivity index (χ2v) is 5.30. The van der Waals surface area contributed by atoms with Gasteiger partial charge in [0.2, 0.25) is 0 Å². The van der Waals surface area contributed by atoms with Gasteiger partial charge in [-0.15, -0.1) is 11.6 Å². The fraction of sp³-hybridized carbons (Fsp3) is 0.462. The first-order valence-electron chi connectivity index (χ1n) is 6.18. The Morgan fingerprint density at radius 2 is 2.00 bits per heavy atom. The van der Waals surface area contributed by atoms with Crippen LogP contribution < -0.4 is 0 Å². The van der Waals surface area contributed by atoms with E-state index in [4.69, 9.17) is 11.6 Å².